The van der Waals surface area contributed by atoms with Crippen molar-refractivity contribution in [1.82, 2.24) is 10.6 Å². The molecule has 0 atom stereocenters. The van der Waals surface area contributed by atoms with Gasteiger partial charge in [0.25, 0.3) is 11.6 Å². The summed E-state index contributed by atoms with van der Waals surface area (Å²) < 4.78 is 0. The molecule has 102 valence electrons. The van der Waals surface area contributed by atoms with E-state index in [4.69, 9.17) is 0 Å². The van der Waals surface area contributed by atoms with Crippen LogP contribution in [0.1, 0.15) is 23.7 Å². The molecule has 7 nitrogen and oxygen atoms in total. The van der Waals surface area contributed by atoms with Crippen molar-refractivity contribution in [2.45, 2.75) is 13.3 Å². The average molecular weight is 265 g/mol. The highest BCUT2D eigenvalue weighted by molar-refractivity contribution is 5.96. The number of amides is 2. The van der Waals surface area contributed by atoms with Gasteiger partial charge in [-0.25, -0.2) is 0 Å². The molecule has 1 aromatic carbocycles. The number of hydrogen-bond acceptors (Lipinski definition) is 4. The summed E-state index contributed by atoms with van der Waals surface area (Å²) in [6.07, 6.45) is 0.821. The van der Waals surface area contributed by atoms with E-state index in [1.54, 1.807) is 0 Å². The van der Waals surface area contributed by atoms with Crippen LogP contribution < -0.4 is 10.6 Å². The molecule has 1 aromatic rings. The van der Waals surface area contributed by atoms with Gasteiger partial charge in [-0.2, -0.15) is 0 Å². The second-order valence-corrected chi connectivity index (χ2v) is 3.84. The molecule has 0 spiro atoms. The number of nitrogens with one attached hydrogen (secondary N) is 2. The van der Waals surface area contributed by atoms with Crippen LogP contribution in [-0.4, -0.2) is 29.8 Å². The second kappa shape index (κ2) is 7.10. The molecule has 0 aliphatic rings. The Bertz CT molecular complexity index is 470. The molecular formula is C12H15N3O4. The van der Waals surface area contributed by atoms with Crippen molar-refractivity contribution in [3.05, 3.63) is 39.9 Å². The van der Waals surface area contributed by atoms with Crippen molar-refractivity contribution < 1.29 is 14.5 Å². The lowest BCUT2D eigenvalue weighted by atomic mass is 10.2. The van der Waals surface area contributed by atoms with Gasteiger partial charge in [0, 0.05) is 24.2 Å². The molecule has 0 fully saturated rings. The number of nitro groups is 1. The largest absolute Gasteiger partial charge is 0.355 e. The van der Waals surface area contributed by atoms with E-state index in [9.17, 15) is 19.7 Å². The first-order chi connectivity index (χ1) is 9.04. The molecule has 0 bridgehead atoms. The third kappa shape index (κ3) is 4.74. The van der Waals surface area contributed by atoms with E-state index in [0.29, 0.717) is 6.54 Å². The van der Waals surface area contributed by atoms with Crippen molar-refractivity contribution >= 4 is 17.5 Å². The summed E-state index contributed by atoms with van der Waals surface area (Å²) in [6.45, 7) is 2.37. The minimum atomic E-state index is -0.542. The van der Waals surface area contributed by atoms with Gasteiger partial charge in [-0.1, -0.05) is 6.92 Å². The maximum atomic E-state index is 11.6. The third-order valence-electron chi connectivity index (χ3n) is 2.32. The van der Waals surface area contributed by atoms with Crippen molar-refractivity contribution in [1.29, 1.82) is 0 Å². The van der Waals surface area contributed by atoms with E-state index < -0.39 is 10.8 Å². The molecule has 0 aliphatic carbocycles. The summed E-state index contributed by atoms with van der Waals surface area (Å²) in [5, 5.41) is 15.5. The molecular weight excluding hydrogens is 250 g/mol. The van der Waals surface area contributed by atoms with E-state index in [2.05, 4.69) is 10.6 Å². The number of non-ortho nitro benzene ring substituents is 1. The van der Waals surface area contributed by atoms with Crippen molar-refractivity contribution in [3.63, 3.8) is 0 Å². The normalized spacial score (nSPS) is 9.74. The third-order valence-corrected chi connectivity index (χ3v) is 2.32. The number of nitrogens with zero attached hydrogens (tertiary/aromatic N) is 1. The standard InChI is InChI=1S/C12H15N3O4/c1-2-7-13-11(16)8-14-12(17)9-3-5-10(6-4-9)15(18)19/h3-6H,2,7-8H2,1H3,(H,13,16)(H,14,17). The molecule has 2 amide bonds. The van der Waals surface area contributed by atoms with Crippen LogP contribution in [0.15, 0.2) is 24.3 Å². The summed E-state index contributed by atoms with van der Waals surface area (Å²) in [5.41, 5.74) is 0.186. The summed E-state index contributed by atoms with van der Waals surface area (Å²) in [6, 6.07) is 5.17. The van der Waals surface area contributed by atoms with E-state index >= 15 is 0 Å². The molecule has 7 heteroatoms. The minimum absolute atomic E-state index is 0.0859. The first-order valence-electron chi connectivity index (χ1n) is 5.84. The molecule has 0 heterocycles. The maximum Gasteiger partial charge on any atom is 0.269 e. The predicted octanol–water partition coefficient (Wildman–Crippen LogP) is 0.851. The van der Waals surface area contributed by atoms with Crippen LogP contribution in [-0.2, 0) is 4.79 Å². The summed E-state index contributed by atoms with van der Waals surface area (Å²) in [5.74, 6) is -0.710. The van der Waals surface area contributed by atoms with Gasteiger partial charge in [-0.05, 0) is 18.6 Å². The van der Waals surface area contributed by atoms with Crippen LogP contribution in [0.25, 0.3) is 0 Å². The molecule has 0 saturated heterocycles. The van der Waals surface area contributed by atoms with Gasteiger partial charge in [0.1, 0.15) is 0 Å². The number of carbonyl (C=O) groups excluding carboxylic acids is 2. The quantitative estimate of drug-likeness (QED) is 0.588. The zero-order valence-electron chi connectivity index (χ0n) is 10.5. The topological polar surface area (TPSA) is 101 Å². The lowest BCUT2D eigenvalue weighted by Gasteiger charge is -2.05. The molecule has 0 saturated carbocycles. The highest BCUT2D eigenvalue weighted by Gasteiger charge is 2.10. The van der Waals surface area contributed by atoms with E-state index in [-0.39, 0.29) is 23.7 Å². The van der Waals surface area contributed by atoms with Crippen molar-refractivity contribution in [2.75, 3.05) is 13.1 Å². The van der Waals surface area contributed by atoms with Gasteiger partial charge in [0.15, 0.2) is 0 Å². The van der Waals surface area contributed by atoms with Gasteiger partial charge in [0.05, 0.1) is 11.5 Å². The molecule has 0 unspecified atom stereocenters. The number of benzene rings is 1. The first-order valence-corrected chi connectivity index (χ1v) is 5.84. The zero-order chi connectivity index (χ0) is 14.3. The Morgan fingerprint density at radius 2 is 1.84 bits per heavy atom. The Morgan fingerprint density at radius 1 is 1.21 bits per heavy atom. The van der Waals surface area contributed by atoms with Crippen molar-refractivity contribution in [3.8, 4) is 0 Å². The molecule has 0 aromatic heterocycles. The fraction of sp³-hybridized carbons (Fsp3) is 0.333. The van der Waals surface area contributed by atoms with Gasteiger partial charge in [-0.3, -0.25) is 19.7 Å². The maximum absolute atomic E-state index is 11.6. The summed E-state index contributed by atoms with van der Waals surface area (Å²) in [7, 11) is 0. The van der Waals surface area contributed by atoms with Gasteiger partial charge >= 0.3 is 0 Å². The molecule has 1 rings (SSSR count). The van der Waals surface area contributed by atoms with Crippen LogP contribution in [0.2, 0.25) is 0 Å². The Hall–Kier alpha value is -2.44. The number of nitro benzene ring substituents is 1. The fourth-order valence-corrected chi connectivity index (χ4v) is 1.32. The fourth-order valence-electron chi connectivity index (χ4n) is 1.32. The van der Waals surface area contributed by atoms with Gasteiger partial charge in [0.2, 0.25) is 5.91 Å². The first kappa shape index (κ1) is 14.6. The monoisotopic (exact) mass is 265 g/mol. The number of hydrogen-bond donors (Lipinski definition) is 2. The van der Waals surface area contributed by atoms with Crippen LogP contribution in [0.4, 0.5) is 5.69 Å². The average Bonchev–Trinajstić information content (AvgIpc) is 2.42. The Morgan fingerprint density at radius 3 is 2.37 bits per heavy atom. The Balaban J connectivity index is 2.49. The lowest BCUT2D eigenvalue weighted by Crippen LogP contribution is -2.37. The van der Waals surface area contributed by atoms with Crippen LogP contribution >= 0.6 is 0 Å². The highest BCUT2D eigenvalue weighted by atomic mass is 16.6. The van der Waals surface area contributed by atoms with Crippen molar-refractivity contribution in [2.24, 2.45) is 0 Å². The summed E-state index contributed by atoms with van der Waals surface area (Å²) in [4.78, 5) is 32.8. The second-order valence-electron chi connectivity index (χ2n) is 3.84. The van der Waals surface area contributed by atoms with E-state index in [0.717, 1.165) is 6.42 Å². The van der Waals surface area contributed by atoms with Crippen LogP contribution in [0.5, 0.6) is 0 Å². The summed E-state index contributed by atoms with van der Waals surface area (Å²) >= 11 is 0. The molecule has 19 heavy (non-hydrogen) atoms. The Labute approximate surface area is 110 Å². The van der Waals surface area contributed by atoms with Crippen LogP contribution in [0.3, 0.4) is 0 Å². The number of rotatable bonds is 6. The van der Waals surface area contributed by atoms with Gasteiger partial charge < -0.3 is 10.6 Å². The predicted molar refractivity (Wildman–Crippen MR) is 68.7 cm³/mol. The highest BCUT2D eigenvalue weighted by Crippen LogP contribution is 2.11. The van der Waals surface area contributed by atoms with Gasteiger partial charge in [-0.15, -0.1) is 0 Å². The zero-order valence-corrected chi connectivity index (χ0v) is 10.5. The SMILES string of the molecule is CCCNC(=O)CNC(=O)c1ccc([N+](=O)[O-])cc1. The molecule has 0 aliphatic heterocycles. The smallest absolute Gasteiger partial charge is 0.269 e. The molecule has 0 radical (unpaired) electrons. The number of carbonyl (C=O) groups is 2. The Kier molecular flexibility index (Phi) is 5.46. The lowest BCUT2D eigenvalue weighted by molar-refractivity contribution is -0.384. The molecule has 2 N–H and O–H groups in total. The minimum Gasteiger partial charge on any atom is -0.355 e. The van der Waals surface area contributed by atoms with E-state index in [1.807, 2.05) is 6.92 Å². The van der Waals surface area contributed by atoms with E-state index in [1.165, 1.54) is 24.3 Å². The van der Waals surface area contributed by atoms with Crippen LogP contribution in [0, 0.1) is 10.1 Å².